The van der Waals surface area contributed by atoms with E-state index in [4.69, 9.17) is 4.52 Å². The van der Waals surface area contributed by atoms with Crippen molar-refractivity contribution in [1.82, 2.24) is 24.9 Å². The maximum absolute atomic E-state index is 12.0. The van der Waals surface area contributed by atoms with Crippen molar-refractivity contribution in [3.05, 3.63) is 70.4 Å². The minimum Gasteiger partial charge on any atom is -0.295 e. The first-order valence-corrected chi connectivity index (χ1v) is 7.97. The Morgan fingerprint density at radius 2 is 1.79 bits per heavy atom. The molecule has 0 N–H and O–H groups in total. The van der Waals surface area contributed by atoms with Crippen LogP contribution in [-0.4, -0.2) is 24.9 Å². The molecule has 4 aromatic rings. The van der Waals surface area contributed by atoms with E-state index in [-0.39, 0.29) is 6.54 Å². The molecule has 7 nitrogen and oxygen atoms in total. The van der Waals surface area contributed by atoms with Crippen molar-refractivity contribution in [2.75, 3.05) is 0 Å². The van der Waals surface area contributed by atoms with Gasteiger partial charge in [0.2, 0.25) is 0 Å². The van der Waals surface area contributed by atoms with Gasteiger partial charge in [0.1, 0.15) is 10.0 Å². The van der Waals surface area contributed by atoms with E-state index in [1.54, 1.807) is 24.5 Å². The molecule has 0 amide bonds. The van der Waals surface area contributed by atoms with Crippen molar-refractivity contribution in [3.63, 3.8) is 0 Å². The molecular formula is C16H11N5O2S. The number of pyridine rings is 1. The highest BCUT2D eigenvalue weighted by molar-refractivity contribution is 7.14. The average molecular weight is 337 g/mol. The first-order chi connectivity index (χ1) is 11.8. The number of aromatic nitrogens is 5. The molecule has 0 saturated heterocycles. The molecule has 4 rings (SSSR count). The average Bonchev–Trinajstić information content (AvgIpc) is 3.25. The van der Waals surface area contributed by atoms with E-state index in [1.165, 1.54) is 15.9 Å². The van der Waals surface area contributed by atoms with Crippen LogP contribution in [-0.2, 0) is 6.54 Å². The Bertz CT molecular complexity index is 1010. The lowest BCUT2D eigenvalue weighted by Crippen LogP contribution is -2.16. The predicted molar refractivity (Wildman–Crippen MR) is 88.4 cm³/mol. The van der Waals surface area contributed by atoms with Gasteiger partial charge in [-0.2, -0.15) is 0 Å². The van der Waals surface area contributed by atoms with Crippen LogP contribution in [0.25, 0.3) is 22.0 Å². The Hall–Kier alpha value is -3.13. The summed E-state index contributed by atoms with van der Waals surface area (Å²) >= 11 is 1.43. The fourth-order valence-electron chi connectivity index (χ4n) is 2.27. The van der Waals surface area contributed by atoms with Gasteiger partial charge in [0.05, 0.1) is 6.54 Å². The summed E-state index contributed by atoms with van der Waals surface area (Å²) in [6.07, 6.45) is 3.27. The van der Waals surface area contributed by atoms with E-state index in [9.17, 15) is 4.79 Å². The molecule has 0 atom stereocenters. The summed E-state index contributed by atoms with van der Waals surface area (Å²) in [6, 6.07) is 13.3. The first-order valence-electron chi connectivity index (χ1n) is 7.16. The number of hydrogen-bond acceptors (Lipinski definition) is 7. The smallest absolute Gasteiger partial charge is 0.295 e. The second-order valence-electron chi connectivity index (χ2n) is 4.96. The van der Waals surface area contributed by atoms with Gasteiger partial charge in [-0.3, -0.25) is 9.51 Å². The normalized spacial score (nSPS) is 10.8. The van der Waals surface area contributed by atoms with Gasteiger partial charge in [0, 0.05) is 23.5 Å². The van der Waals surface area contributed by atoms with Gasteiger partial charge in [-0.15, -0.1) is 10.2 Å². The van der Waals surface area contributed by atoms with Crippen LogP contribution < -0.4 is 5.76 Å². The SMILES string of the molecule is O=c1onc(-c2ccncc2)n1Cc1nnc(-c2ccccc2)s1. The topological polar surface area (TPSA) is 86.7 Å². The van der Waals surface area contributed by atoms with Crippen molar-refractivity contribution >= 4 is 11.3 Å². The van der Waals surface area contributed by atoms with Gasteiger partial charge >= 0.3 is 5.76 Å². The number of hydrogen-bond donors (Lipinski definition) is 0. The summed E-state index contributed by atoms with van der Waals surface area (Å²) in [5, 5.41) is 13.7. The molecular weight excluding hydrogens is 326 g/mol. The highest BCUT2D eigenvalue weighted by atomic mass is 32.1. The minimum atomic E-state index is -0.529. The second-order valence-corrected chi connectivity index (χ2v) is 6.02. The summed E-state index contributed by atoms with van der Waals surface area (Å²) in [7, 11) is 0. The largest absolute Gasteiger partial charge is 0.442 e. The Kier molecular flexibility index (Phi) is 3.72. The third-order valence-corrected chi connectivity index (χ3v) is 4.36. The molecule has 1 aromatic carbocycles. The Labute approximate surface area is 140 Å². The molecule has 0 aliphatic heterocycles. The minimum absolute atomic E-state index is 0.254. The van der Waals surface area contributed by atoms with Crippen molar-refractivity contribution in [2.45, 2.75) is 6.54 Å². The lowest BCUT2D eigenvalue weighted by atomic mass is 10.2. The summed E-state index contributed by atoms with van der Waals surface area (Å²) in [4.78, 5) is 15.9. The van der Waals surface area contributed by atoms with Gasteiger partial charge in [0.25, 0.3) is 0 Å². The molecule has 8 heteroatoms. The summed E-state index contributed by atoms with van der Waals surface area (Å²) in [5.41, 5.74) is 1.75. The van der Waals surface area contributed by atoms with Crippen LogP contribution in [0.15, 0.2) is 64.2 Å². The van der Waals surface area contributed by atoms with Gasteiger partial charge in [-0.05, 0) is 12.1 Å². The van der Waals surface area contributed by atoms with Crippen molar-refractivity contribution < 1.29 is 4.52 Å². The molecule has 0 bridgehead atoms. The highest BCUT2D eigenvalue weighted by Gasteiger charge is 2.15. The molecule has 3 aromatic heterocycles. The third-order valence-electron chi connectivity index (χ3n) is 3.41. The van der Waals surface area contributed by atoms with Gasteiger partial charge in [-0.25, -0.2) is 9.36 Å². The first kappa shape index (κ1) is 14.5. The summed E-state index contributed by atoms with van der Waals surface area (Å²) in [5.74, 6) is -0.0860. The maximum Gasteiger partial charge on any atom is 0.442 e. The molecule has 0 aliphatic carbocycles. The van der Waals surface area contributed by atoms with Crippen LogP contribution >= 0.6 is 11.3 Å². The summed E-state index contributed by atoms with van der Waals surface area (Å²) < 4.78 is 6.24. The fourth-order valence-corrected chi connectivity index (χ4v) is 3.10. The molecule has 0 unspecified atom stereocenters. The fraction of sp³-hybridized carbons (Fsp3) is 0.0625. The van der Waals surface area contributed by atoms with E-state index < -0.39 is 5.76 Å². The van der Waals surface area contributed by atoms with Crippen molar-refractivity contribution in [3.8, 4) is 22.0 Å². The zero-order valence-electron chi connectivity index (χ0n) is 12.4. The van der Waals surface area contributed by atoms with Gasteiger partial charge in [0.15, 0.2) is 5.82 Å². The summed E-state index contributed by atoms with van der Waals surface area (Å²) in [6.45, 7) is 0.254. The van der Waals surface area contributed by atoms with E-state index in [0.29, 0.717) is 10.8 Å². The lowest BCUT2D eigenvalue weighted by molar-refractivity contribution is 0.378. The van der Waals surface area contributed by atoms with Crippen LogP contribution in [0, 0.1) is 0 Å². The highest BCUT2D eigenvalue weighted by Crippen LogP contribution is 2.24. The van der Waals surface area contributed by atoms with Crippen LogP contribution in [0.5, 0.6) is 0 Å². The van der Waals surface area contributed by atoms with E-state index in [2.05, 4.69) is 20.3 Å². The van der Waals surface area contributed by atoms with E-state index >= 15 is 0 Å². The Morgan fingerprint density at radius 3 is 2.58 bits per heavy atom. The molecule has 0 saturated carbocycles. The molecule has 24 heavy (non-hydrogen) atoms. The van der Waals surface area contributed by atoms with Crippen LogP contribution in [0.2, 0.25) is 0 Å². The Morgan fingerprint density at radius 1 is 1.00 bits per heavy atom. The predicted octanol–water partition coefficient (Wildman–Crippen LogP) is 2.47. The van der Waals surface area contributed by atoms with Crippen LogP contribution in [0.1, 0.15) is 5.01 Å². The van der Waals surface area contributed by atoms with Crippen molar-refractivity contribution in [2.24, 2.45) is 0 Å². The molecule has 0 fully saturated rings. The molecule has 0 aliphatic rings. The van der Waals surface area contributed by atoms with Crippen molar-refractivity contribution in [1.29, 1.82) is 0 Å². The lowest BCUT2D eigenvalue weighted by Gasteiger charge is -2.01. The van der Waals surface area contributed by atoms with E-state index in [0.717, 1.165) is 16.1 Å². The monoisotopic (exact) mass is 337 g/mol. The molecule has 0 spiro atoms. The van der Waals surface area contributed by atoms with Gasteiger partial charge < -0.3 is 0 Å². The number of benzene rings is 1. The number of rotatable bonds is 4. The maximum atomic E-state index is 12.0. The zero-order valence-corrected chi connectivity index (χ0v) is 13.2. The Balaban J connectivity index is 1.67. The molecule has 3 heterocycles. The van der Waals surface area contributed by atoms with Gasteiger partial charge in [-0.1, -0.05) is 46.8 Å². The quantitative estimate of drug-likeness (QED) is 0.568. The zero-order chi connectivity index (χ0) is 16.4. The van der Waals surface area contributed by atoms with E-state index in [1.807, 2.05) is 30.3 Å². The second kappa shape index (κ2) is 6.17. The standard InChI is InChI=1S/C16H11N5O2S/c22-16-21(14(20-23-16)11-6-8-17-9-7-11)10-13-18-19-15(24-13)12-4-2-1-3-5-12/h1-9H,10H2. The molecule has 118 valence electrons. The van der Waals surface area contributed by atoms with Crippen LogP contribution in [0.4, 0.5) is 0 Å². The molecule has 0 radical (unpaired) electrons. The number of nitrogens with zero attached hydrogens (tertiary/aromatic N) is 5. The third kappa shape index (κ3) is 2.74. The van der Waals surface area contributed by atoms with Crippen LogP contribution in [0.3, 0.4) is 0 Å².